The van der Waals surface area contributed by atoms with Crippen LogP contribution in [-0.4, -0.2) is 58.3 Å². The zero-order valence-electron chi connectivity index (χ0n) is 17.3. The van der Waals surface area contributed by atoms with Gasteiger partial charge in [0, 0.05) is 13.1 Å². The molecule has 4 rings (SSSR count). The first-order valence-corrected chi connectivity index (χ1v) is 11.8. The van der Waals surface area contributed by atoms with Crippen LogP contribution >= 0.6 is 35.0 Å². The smallest absolute Gasteiger partial charge is 0.293 e. The van der Waals surface area contributed by atoms with E-state index in [2.05, 4.69) is 5.32 Å². The van der Waals surface area contributed by atoms with Crippen LogP contribution in [0.3, 0.4) is 0 Å². The van der Waals surface area contributed by atoms with E-state index in [1.165, 1.54) is 0 Å². The van der Waals surface area contributed by atoms with E-state index >= 15 is 0 Å². The predicted molar refractivity (Wildman–Crippen MR) is 124 cm³/mol. The summed E-state index contributed by atoms with van der Waals surface area (Å²) in [5, 5.41) is 2.83. The molecule has 2 aliphatic heterocycles. The molecule has 2 atom stereocenters. The van der Waals surface area contributed by atoms with Crippen LogP contribution in [0.5, 0.6) is 0 Å². The minimum Gasteiger partial charge on any atom is -0.353 e. The van der Waals surface area contributed by atoms with Crippen molar-refractivity contribution < 1.29 is 24.0 Å². The van der Waals surface area contributed by atoms with Gasteiger partial charge in [0.15, 0.2) is 0 Å². The number of rotatable bonds is 6. The van der Waals surface area contributed by atoms with Crippen LogP contribution in [0.15, 0.2) is 35.3 Å². The highest BCUT2D eigenvalue weighted by Crippen LogP contribution is 2.35. The summed E-state index contributed by atoms with van der Waals surface area (Å²) in [5.41, 5.74) is 0.624. The third-order valence-corrected chi connectivity index (χ3v) is 7.32. The Morgan fingerprint density at radius 1 is 1.03 bits per heavy atom. The second kappa shape index (κ2) is 9.70. The van der Waals surface area contributed by atoms with Crippen molar-refractivity contribution in [1.29, 1.82) is 0 Å². The van der Waals surface area contributed by atoms with Gasteiger partial charge in [-0.15, -0.1) is 0 Å². The summed E-state index contributed by atoms with van der Waals surface area (Å²) in [5.74, 6) is -2.46. The standard InChI is InChI=1S/C22H19Cl2N3O5S/c23-15-6-5-12(9-16(15)24)10-17-21(31)26(22(32)33-17)8-7-25-18(28)11-27-19(29)13-3-1-2-4-14(13)20(27)30/h1-2,5-6,9-10,13-14H,3-4,7-8,11H2,(H,25,28)/b17-10-. The lowest BCUT2D eigenvalue weighted by Crippen LogP contribution is -2.43. The first-order valence-electron chi connectivity index (χ1n) is 10.2. The van der Waals surface area contributed by atoms with Gasteiger partial charge in [0.05, 0.1) is 26.8 Å². The number of nitrogens with one attached hydrogen (secondary N) is 1. The highest BCUT2D eigenvalue weighted by molar-refractivity contribution is 8.18. The largest absolute Gasteiger partial charge is 0.353 e. The van der Waals surface area contributed by atoms with Crippen LogP contribution in [0, 0.1) is 11.8 Å². The normalized spacial score (nSPS) is 23.6. The molecule has 3 aliphatic rings. The lowest BCUT2D eigenvalue weighted by molar-refractivity contribution is -0.143. The van der Waals surface area contributed by atoms with E-state index in [1.54, 1.807) is 24.3 Å². The summed E-state index contributed by atoms with van der Waals surface area (Å²) in [6.07, 6.45) is 6.31. The van der Waals surface area contributed by atoms with E-state index < -0.39 is 28.9 Å². The van der Waals surface area contributed by atoms with Crippen molar-refractivity contribution in [2.45, 2.75) is 12.8 Å². The van der Waals surface area contributed by atoms with Gasteiger partial charge in [0.1, 0.15) is 6.54 Å². The van der Waals surface area contributed by atoms with E-state index in [0.29, 0.717) is 28.5 Å². The summed E-state index contributed by atoms with van der Waals surface area (Å²) in [4.78, 5) is 64.3. The number of hydrogen-bond donors (Lipinski definition) is 1. The maximum atomic E-state index is 12.6. The Morgan fingerprint density at radius 3 is 2.33 bits per heavy atom. The van der Waals surface area contributed by atoms with Crippen LogP contribution in [0.25, 0.3) is 6.08 Å². The summed E-state index contributed by atoms with van der Waals surface area (Å²) in [7, 11) is 0. The molecule has 0 bridgehead atoms. The van der Waals surface area contributed by atoms with Crippen LogP contribution in [-0.2, 0) is 19.2 Å². The topological polar surface area (TPSA) is 104 Å². The van der Waals surface area contributed by atoms with E-state index in [0.717, 1.165) is 21.6 Å². The van der Waals surface area contributed by atoms with Crippen LogP contribution in [0.4, 0.5) is 4.79 Å². The van der Waals surface area contributed by atoms with Crippen molar-refractivity contribution in [3.05, 3.63) is 50.9 Å². The molecule has 0 aromatic heterocycles. The molecule has 5 amide bonds. The zero-order chi connectivity index (χ0) is 23.7. The SMILES string of the molecule is O=C(CN1C(=O)C2CC=CCC2C1=O)NCCN1C(=O)S/C(=C\c2ccc(Cl)c(Cl)c2)C1=O. The quantitative estimate of drug-likeness (QED) is 0.360. The number of carbonyl (C=O) groups is 5. The van der Waals surface area contributed by atoms with Crippen molar-refractivity contribution in [3.63, 3.8) is 0 Å². The molecule has 11 heteroatoms. The molecule has 172 valence electrons. The van der Waals surface area contributed by atoms with E-state index in [-0.39, 0.29) is 36.4 Å². The number of amides is 5. The number of benzene rings is 1. The Kier molecular flexibility index (Phi) is 6.92. The molecule has 2 unspecified atom stereocenters. The van der Waals surface area contributed by atoms with Crippen LogP contribution < -0.4 is 5.32 Å². The second-order valence-electron chi connectivity index (χ2n) is 7.78. The minimum absolute atomic E-state index is 0.00155. The average molecular weight is 508 g/mol. The van der Waals surface area contributed by atoms with Gasteiger partial charge in [-0.25, -0.2) is 0 Å². The number of thioether (sulfide) groups is 1. The van der Waals surface area contributed by atoms with E-state index in [4.69, 9.17) is 23.2 Å². The molecule has 33 heavy (non-hydrogen) atoms. The number of fused-ring (bicyclic) bond motifs is 1. The highest BCUT2D eigenvalue weighted by Gasteiger charge is 2.47. The zero-order valence-corrected chi connectivity index (χ0v) is 19.6. The van der Waals surface area contributed by atoms with Gasteiger partial charge in [0.2, 0.25) is 17.7 Å². The van der Waals surface area contributed by atoms with Crippen molar-refractivity contribution in [2.75, 3.05) is 19.6 Å². The summed E-state index contributed by atoms with van der Waals surface area (Å²) in [6.45, 7) is -0.405. The average Bonchev–Trinajstić information content (AvgIpc) is 3.19. The molecule has 1 aromatic carbocycles. The molecular formula is C22H19Cl2N3O5S. The van der Waals surface area contributed by atoms with Crippen molar-refractivity contribution >= 4 is 69.9 Å². The Bertz CT molecular complexity index is 1090. The minimum atomic E-state index is -0.526. The fourth-order valence-electron chi connectivity index (χ4n) is 3.98. The van der Waals surface area contributed by atoms with Crippen molar-refractivity contribution in [2.24, 2.45) is 11.8 Å². The molecule has 0 saturated carbocycles. The Hall–Kier alpha value is -2.62. The maximum absolute atomic E-state index is 12.6. The van der Waals surface area contributed by atoms with Crippen LogP contribution in [0.2, 0.25) is 10.0 Å². The van der Waals surface area contributed by atoms with Gasteiger partial charge >= 0.3 is 0 Å². The molecule has 2 heterocycles. The predicted octanol–water partition coefficient (Wildman–Crippen LogP) is 3.10. The van der Waals surface area contributed by atoms with Crippen LogP contribution in [0.1, 0.15) is 18.4 Å². The number of allylic oxidation sites excluding steroid dienone is 2. The van der Waals surface area contributed by atoms with E-state index in [9.17, 15) is 24.0 Å². The third-order valence-electron chi connectivity index (χ3n) is 5.67. The van der Waals surface area contributed by atoms with Gasteiger partial charge in [0.25, 0.3) is 11.1 Å². The van der Waals surface area contributed by atoms with E-state index in [1.807, 2.05) is 12.2 Å². The number of likely N-dealkylation sites (tertiary alicyclic amines) is 1. The molecule has 0 radical (unpaired) electrons. The summed E-state index contributed by atoms with van der Waals surface area (Å²) in [6, 6.07) is 4.86. The van der Waals surface area contributed by atoms with Gasteiger partial charge in [-0.05, 0) is 48.4 Å². The first kappa shape index (κ1) is 23.5. The molecule has 0 spiro atoms. The second-order valence-corrected chi connectivity index (χ2v) is 9.58. The lowest BCUT2D eigenvalue weighted by atomic mass is 9.85. The fraction of sp³-hybridized carbons (Fsp3) is 0.318. The molecule has 2 fully saturated rings. The fourth-order valence-corrected chi connectivity index (χ4v) is 5.15. The summed E-state index contributed by atoms with van der Waals surface area (Å²) >= 11 is 12.7. The molecule has 8 nitrogen and oxygen atoms in total. The van der Waals surface area contributed by atoms with Gasteiger partial charge in [-0.2, -0.15) is 0 Å². The number of halogens is 2. The van der Waals surface area contributed by atoms with Gasteiger partial charge in [-0.3, -0.25) is 33.8 Å². The monoisotopic (exact) mass is 507 g/mol. The molecule has 2 saturated heterocycles. The molecular weight excluding hydrogens is 489 g/mol. The van der Waals surface area contributed by atoms with Crippen molar-refractivity contribution in [3.8, 4) is 0 Å². The third kappa shape index (κ3) is 4.85. The number of imide groups is 2. The lowest BCUT2D eigenvalue weighted by Gasteiger charge is -2.16. The first-order chi connectivity index (χ1) is 15.8. The van der Waals surface area contributed by atoms with Gasteiger partial charge in [-0.1, -0.05) is 41.4 Å². The Balaban J connectivity index is 1.30. The molecule has 1 aromatic rings. The Morgan fingerprint density at radius 2 is 1.70 bits per heavy atom. The molecule has 1 aliphatic carbocycles. The van der Waals surface area contributed by atoms with Crippen molar-refractivity contribution in [1.82, 2.24) is 15.1 Å². The maximum Gasteiger partial charge on any atom is 0.293 e. The highest BCUT2D eigenvalue weighted by atomic mass is 35.5. The number of nitrogens with zero attached hydrogens (tertiary/aromatic N) is 2. The number of hydrogen-bond acceptors (Lipinski definition) is 6. The van der Waals surface area contributed by atoms with Gasteiger partial charge < -0.3 is 5.32 Å². The number of carbonyl (C=O) groups excluding carboxylic acids is 5. The Labute approximate surface area is 203 Å². The summed E-state index contributed by atoms with van der Waals surface area (Å²) < 4.78 is 0. The molecule has 1 N–H and O–H groups in total.